The summed E-state index contributed by atoms with van der Waals surface area (Å²) in [6.07, 6.45) is 1.60. The molecule has 0 bridgehead atoms. The number of rotatable bonds is 6. The van der Waals surface area contributed by atoms with Crippen molar-refractivity contribution in [2.75, 3.05) is 5.32 Å². The SMILES string of the molecule is Cc1cccc(NC(=O)/C(C#N)=C/c2c(OCc3ccc(Br)cc3)ccc3ccccc23)c1. The number of benzene rings is 4. The number of amides is 1. The Morgan fingerprint density at radius 1 is 1.03 bits per heavy atom. The molecular formula is C28H21BrN2O2. The van der Waals surface area contributed by atoms with Crippen LogP contribution in [-0.2, 0) is 11.4 Å². The number of carbonyl (C=O) groups excluding carboxylic acids is 1. The van der Waals surface area contributed by atoms with Crippen molar-refractivity contribution in [2.45, 2.75) is 13.5 Å². The second kappa shape index (κ2) is 10.2. The van der Waals surface area contributed by atoms with Crippen molar-refractivity contribution in [3.05, 3.63) is 112 Å². The number of hydrogen-bond acceptors (Lipinski definition) is 3. The van der Waals surface area contributed by atoms with E-state index in [9.17, 15) is 10.1 Å². The van der Waals surface area contributed by atoms with Gasteiger partial charge >= 0.3 is 0 Å². The summed E-state index contributed by atoms with van der Waals surface area (Å²) in [6.45, 7) is 2.31. The largest absolute Gasteiger partial charge is 0.488 e. The van der Waals surface area contributed by atoms with Crippen LogP contribution in [0.15, 0.2) is 95.0 Å². The summed E-state index contributed by atoms with van der Waals surface area (Å²) in [4.78, 5) is 12.9. The van der Waals surface area contributed by atoms with E-state index < -0.39 is 5.91 Å². The molecule has 0 aromatic heterocycles. The topological polar surface area (TPSA) is 62.1 Å². The Morgan fingerprint density at radius 2 is 1.82 bits per heavy atom. The fourth-order valence-corrected chi connectivity index (χ4v) is 3.77. The molecule has 0 heterocycles. The van der Waals surface area contributed by atoms with Gasteiger partial charge in [0.05, 0.1) is 0 Å². The lowest BCUT2D eigenvalue weighted by atomic mass is 10.0. The Hall–Kier alpha value is -3.88. The number of nitriles is 1. The molecule has 4 nitrogen and oxygen atoms in total. The van der Waals surface area contributed by atoms with Gasteiger partial charge < -0.3 is 10.1 Å². The predicted octanol–water partition coefficient (Wildman–Crippen LogP) is 7.04. The van der Waals surface area contributed by atoms with Crippen molar-refractivity contribution >= 4 is 44.4 Å². The van der Waals surface area contributed by atoms with Crippen LogP contribution in [0.5, 0.6) is 5.75 Å². The van der Waals surface area contributed by atoms with Crippen LogP contribution < -0.4 is 10.1 Å². The number of fused-ring (bicyclic) bond motifs is 1. The summed E-state index contributed by atoms with van der Waals surface area (Å²) in [5, 5.41) is 14.5. The van der Waals surface area contributed by atoms with Crippen molar-refractivity contribution in [1.82, 2.24) is 0 Å². The minimum absolute atomic E-state index is 0.00125. The number of anilines is 1. The van der Waals surface area contributed by atoms with Gasteiger partial charge in [-0.25, -0.2) is 0 Å². The van der Waals surface area contributed by atoms with E-state index >= 15 is 0 Å². The quantitative estimate of drug-likeness (QED) is 0.230. The zero-order valence-electron chi connectivity index (χ0n) is 18.0. The Kier molecular flexibility index (Phi) is 6.87. The number of hydrogen-bond donors (Lipinski definition) is 1. The van der Waals surface area contributed by atoms with E-state index in [-0.39, 0.29) is 5.57 Å². The molecule has 1 N–H and O–H groups in total. The Balaban J connectivity index is 1.69. The third-order valence-corrected chi connectivity index (χ3v) is 5.70. The minimum Gasteiger partial charge on any atom is -0.488 e. The second-order valence-electron chi connectivity index (χ2n) is 7.61. The second-order valence-corrected chi connectivity index (χ2v) is 8.52. The molecule has 0 atom stereocenters. The van der Waals surface area contributed by atoms with Gasteiger partial charge in [-0.2, -0.15) is 5.26 Å². The van der Waals surface area contributed by atoms with Crippen LogP contribution in [0.1, 0.15) is 16.7 Å². The maximum Gasteiger partial charge on any atom is 0.266 e. The highest BCUT2D eigenvalue weighted by Gasteiger charge is 2.14. The van der Waals surface area contributed by atoms with Crippen molar-refractivity contribution in [1.29, 1.82) is 5.26 Å². The highest BCUT2D eigenvalue weighted by molar-refractivity contribution is 9.10. The van der Waals surface area contributed by atoms with Crippen LogP contribution in [-0.4, -0.2) is 5.91 Å². The number of carbonyl (C=O) groups is 1. The molecule has 0 radical (unpaired) electrons. The van der Waals surface area contributed by atoms with Gasteiger partial charge in [-0.05, 0) is 65.2 Å². The monoisotopic (exact) mass is 496 g/mol. The normalized spacial score (nSPS) is 11.1. The Labute approximate surface area is 201 Å². The molecule has 0 aliphatic heterocycles. The molecule has 0 unspecified atom stereocenters. The van der Waals surface area contributed by atoms with Gasteiger partial charge in [-0.3, -0.25) is 4.79 Å². The Bertz CT molecular complexity index is 1390. The fourth-order valence-electron chi connectivity index (χ4n) is 3.51. The van der Waals surface area contributed by atoms with Crippen molar-refractivity contribution in [2.24, 2.45) is 0 Å². The lowest BCUT2D eigenvalue weighted by Crippen LogP contribution is -2.13. The third-order valence-electron chi connectivity index (χ3n) is 5.17. The zero-order chi connectivity index (χ0) is 23.2. The average molecular weight is 497 g/mol. The third kappa shape index (κ3) is 5.49. The van der Waals surface area contributed by atoms with Gasteiger partial charge in [0, 0.05) is 15.7 Å². The molecule has 1 amide bonds. The van der Waals surface area contributed by atoms with Gasteiger partial charge in [0.25, 0.3) is 5.91 Å². The molecule has 4 aromatic rings. The molecule has 33 heavy (non-hydrogen) atoms. The number of halogens is 1. The molecule has 0 aliphatic carbocycles. The lowest BCUT2D eigenvalue weighted by molar-refractivity contribution is -0.112. The summed E-state index contributed by atoms with van der Waals surface area (Å²) in [7, 11) is 0. The summed E-state index contributed by atoms with van der Waals surface area (Å²) in [5.74, 6) is 0.141. The van der Waals surface area contributed by atoms with E-state index in [1.807, 2.05) is 91.9 Å². The van der Waals surface area contributed by atoms with E-state index in [1.54, 1.807) is 12.1 Å². The van der Waals surface area contributed by atoms with Crippen LogP contribution in [0, 0.1) is 18.3 Å². The van der Waals surface area contributed by atoms with Crippen LogP contribution in [0.3, 0.4) is 0 Å². The molecule has 162 valence electrons. The molecular weight excluding hydrogens is 476 g/mol. The average Bonchev–Trinajstić information content (AvgIpc) is 2.82. The number of aryl methyl sites for hydroxylation is 1. The van der Waals surface area contributed by atoms with E-state index in [0.717, 1.165) is 26.4 Å². The van der Waals surface area contributed by atoms with E-state index in [4.69, 9.17) is 4.74 Å². The first-order valence-electron chi connectivity index (χ1n) is 10.4. The van der Waals surface area contributed by atoms with E-state index in [1.165, 1.54) is 0 Å². The van der Waals surface area contributed by atoms with Gasteiger partial charge in [0.15, 0.2) is 0 Å². The zero-order valence-corrected chi connectivity index (χ0v) is 19.6. The van der Waals surface area contributed by atoms with Gasteiger partial charge in [0.1, 0.15) is 24.0 Å². The van der Waals surface area contributed by atoms with E-state index in [0.29, 0.717) is 23.6 Å². The number of nitrogens with one attached hydrogen (secondary N) is 1. The summed E-state index contributed by atoms with van der Waals surface area (Å²) in [5.41, 5.74) is 3.38. The molecule has 5 heteroatoms. The molecule has 0 saturated carbocycles. The van der Waals surface area contributed by atoms with E-state index in [2.05, 4.69) is 21.2 Å². The van der Waals surface area contributed by atoms with Gasteiger partial charge in [0.2, 0.25) is 0 Å². The van der Waals surface area contributed by atoms with Crippen LogP contribution >= 0.6 is 15.9 Å². The first-order chi connectivity index (χ1) is 16.0. The van der Waals surface area contributed by atoms with Crippen LogP contribution in [0.2, 0.25) is 0 Å². The minimum atomic E-state index is -0.463. The molecule has 0 aliphatic rings. The van der Waals surface area contributed by atoms with Gasteiger partial charge in [-0.1, -0.05) is 70.5 Å². The first-order valence-corrected chi connectivity index (χ1v) is 11.2. The highest BCUT2D eigenvalue weighted by Crippen LogP contribution is 2.31. The van der Waals surface area contributed by atoms with Crippen LogP contribution in [0.25, 0.3) is 16.8 Å². The lowest BCUT2D eigenvalue weighted by Gasteiger charge is -2.13. The molecule has 0 saturated heterocycles. The summed E-state index contributed by atoms with van der Waals surface area (Å²) < 4.78 is 7.13. The highest BCUT2D eigenvalue weighted by atomic mass is 79.9. The number of nitrogens with zero attached hydrogens (tertiary/aromatic N) is 1. The maximum absolute atomic E-state index is 12.9. The first kappa shape index (κ1) is 22.3. The van der Waals surface area contributed by atoms with Crippen molar-refractivity contribution < 1.29 is 9.53 Å². The Morgan fingerprint density at radius 3 is 2.58 bits per heavy atom. The van der Waals surface area contributed by atoms with Crippen molar-refractivity contribution in [3.8, 4) is 11.8 Å². The molecule has 4 aromatic carbocycles. The molecule has 0 fully saturated rings. The predicted molar refractivity (Wildman–Crippen MR) is 136 cm³/mol. The van der Waals surface area contributed by atoms with Gasteiger partial charge in [-0.15, -0.1) is 0 Å². The van der Waals surface area contributed by atoms with Crippen molar-refractivity contribution in [3.63, 3.8) is 0 Å². The standard InChI is InChI=1S/C28H21BrN2O2/c1-19-5-4-7-24(15-19)31-28(32)22(17-30)16-26-25-8-3-2-6-21(25)11-14-27(26)33-18-20-9-12-23(29)13-10-20/h2-16H,18H2,1H3,(H,31,32)/b22-16+. The summed E-state index contributed by atoms with van der Waals surface area (Å²) >= 11 is 3.44. The van der Waals surface area contributed by atoms with Crippen LogP contribution in [0.4, 0.5) is 5.69 Å². The maximum atomic E-state index is 12.9. The summed E-state index contributed by atoms with van der Waals surface area (Å²) in [6, 6.07) is 29.1. The smallest absolute Gasteiger partial charge is 0.266 e. The fraction of sp³-hybridized carbons (Fsp3) is 0.0714. The number of ether oxygens (including phenoxy) is 1. The molecule has 0 spiro atoms. The molecule has 4 rings (SSSR count).